The Morgan fingerprint density at radius 2 is 1.59 bits per heavy atom. The molecule has 1 aromatic heterocycles. The third-order valence-corrected chi connectivity index (χ3v) is 5.87. The molecule has 144 valence electrons. The van der Waals surface area contributed by atoms with Gasteiger partial charge in [0, 0.05) is 30.6 Å². The molecule has 27 heavy (non-hydrogen) atoms. The number of piperidine rings is 1. The van der Waals surface area contributed by atoms with Gasteiger partial charge in [0.15, 0.2) is 0 Å². The second kappa shape index (κ2) is 8.87. The van der Waals surface area contributed by atoms with Crippen molar-refractivity contribution in [2.75, 3.05) is 23.3 Å². The Balaban J connectivity index is 1.55. The first-order chi connectivity index (χ1) is 13.3. The fraction of sp³-hybridized carbons (Fsp3) is 0.571. The van der Waals surface area contributed by atoms with Gasteiger partial charge in [-0.1, -0.05) is 43.0 Å². The SMILES string of the molecule is Clc1ccc(CNc2nc(C3CCCCC3)nc(N3CCCCC3)n2)cc1. The number of nitrogens with zero attached hydrogens (tertiary/aromatic N) is 4. The molecule has 1 aliphatic heterocycles. The molecule has 0 radical (unpaired) electrons. The summed E-state index contributed by atoms with van der Waals surface area (Å²) < 4.78 is 0. The van der Waals surface area contributed by atoms with Crippen molar-refractivity contribution >= 4 is 23.5 Å². The summed E-state index contributed by atoms with van der Waals surface area (Å²) in [5, 5.41) is 4.16. The third-order valence-electron chi connectivity index (χ3n) is 5.61. The van der Waals surface area contributed by atoms with Gasteiger partial charge in [0.2, 0.25) is 11.9 Å². The first kappa shape index (κ1) is 18.5. The number of nitrogens with one attached hydrogen (secondary N) is 1. The van der Waals surface area contributed by atoms with E-state index in [4.69, 9.17) is 26.6 Å². The van der Waals surface area contributed by atoms with Crippen molar-refractivity contribution < 1.29 is 0 Å². The highest BCUT2D eigenvalue weighted by Gasteiger charge is 2.22. The number of benzene rings is 1. The molecule has 2 aromatic rings. The molecule has 6 heteroatoms. The number of anilines is 2. The highest BCUT2D eigenvalue weighted by Crippen LogP contribution is 2.32. The smallest absolute Gasteiger partial charge is 0.230 e. The van der Waals surface area contributed by atoms with Crippen molar-refractivity contribution in [1.82, 2.24) is 15.0 Å². The van der Waals surface area contributed by atoms with Gasteiger partial charge in [0.25, 0.3) is 0 Å². The van der Waals surface area contributed by atoms with E-state index in [1.54, 1.807) is 0 Å². The van der Waals surface area contributed by atoms with Crippen LogP contribution < -0.4 is 10.2 Å². The Hall–Kier alpha value is -1.88. The summed E-state index contributed by atoms with van der Waals surface area (Å²) in [6.07, 6.45) is 10.0. The summed E-state index contributed by atoms with van der Waals surface area (Å²) in [6.45, 7) is 2.78. The molecule has 1 aliphatic carbocycles. The van der Waals surface area contributed by atoms with Crippen LogP contribution in [0.3, 0.4) is 0 Å². The van der Waals surface area contributed by atoms with E-state index in [0.717, 1.165) is 29.9 Å². The molecule has 1 N–H and O–H groups in total. The normalized spacial score (nSPS) is 18.5. The molecule has 0 spiro atoms. The molecule has 1 saturated heterocycles. The van der Waals surface area contributed by atoms with E-state index < -0.39 is 0 Å². The predicted octanol–water partition coefficient (Wildman–Crippen LogP) is 5.18. The summed E-state index contributed by atoms with van der Waals surface area (Å²) in [4.78, 5) is 16.8. The molecular weight excluding hydrogens is 358 g/mol. The van der Waals surface area contributed by atoms with Crippen LogP contribution in [0.5, 0.6) is 0 Å². The monoisotopic (exact) mass is 385 g/mol. The second-order valence-corrected chi connectivity index (χ2v) is 8.12. The van der Waals surface area contributed by atoms with Crippen LogP contribution in [-0.2, 0) is 6.54 Å². The predicted molar refractivity (Wildman–Crippen MR) is 110 cm³/mol. The molecule has 2 fully saturated rings. The van der Waals surface area contributed by atoms with Gasteiger partial charge in [-0.15, -0.1) is 0 Å². The number of aromatic nitrogens is 3. The maximum absolute atomic E-state index is 5.98. The first-order valence-electron chi connectivity index (χ1n) is 10.3. The van der Waals surface area contributed by atoms with E-state index in [9.17, 15) is 0 Å². The lowest BCUT2D eigenvalue weighted by molar-refractivity contribution is 0.427. The Morgan fingerprint density at radius 1 is 0.889 bits per heavy atom. The van der Waals surface area contributed by atoms with Crippen LogP contribution in [0.2, 0.25) is 5.02 Å². The zero-order valence-electron chi connectivity index (χ0n) is 15.8. The fourth-order valence-electron chi connectivity index (χ4n) is 4.02. The van der Waals surface area contributed by atoms with Gasteiger partial charge in [0.05, 0.1) is 0 Å². The van der Waals surface area contributed by atoms with Crippen molar-refractivity contribution in [3.05, 3.63) is 40.7 Å². The van der Waals surface area contributed by atoms with Crippen LogP contribution >= 0.6 is 11.6 Å². The number of rotatable bonds is 5. The van der Waals surface area contributed by atoms with E-state index in [1.807, 2.05) is 24.3 Å². The lowest BCUT2D eigenvalue weighted by Gasteiger charge is -2.28. The first-order valence-corrected chi connectivity index (χ1v) is 10.6. The Morgan fingerprint density at radius 3 is 2.33 bits per heavy atom. The van der Waals surface area contributed by atoms with Crippen LogP contribution in [0.4, 0.5) is 11.9 Å². The van der Waals surface area contributed by atoms with Crippen LogP contribution in [0.25, 0.3) is 0 Å². The van der Waals surface area contributed by atoms with Crippen molar-refractivity contribution in [3.8, 4) is 0 Å². The fourth-order valence-corrected chi connectivity index (χ4v) is 4.15. The lowest BCUT2D eigenvalue weighted by atomic mass is 9.89. The Labute approximate surface area is 166 Å². The van der Waals surface area contributed by atoms with E-state index in [1.165, 1.54) is 56.9 Å². The molecule has 4 rings (SSSR count). The average Bonchev–Trinajstić information content (AvgIpc) is 2.74. The maximum atomic E-state index is 5.98. The minimum atomic E-state index is 0.473. The summed E-state index contributed by atoms with van der Waals surface area (Å²) in [6, 6.07) is 7.89. The van der Waals surface area contributed by atoms with Gasteiger partial charge in [-0.25, -0.2) is 0 Å². The lowest BCUT2D eigenvalue weighted by Crippen LogP contribution is -2.32. The van der Waals surface area contributed by atoms with Gasteiger partial charge >= 0.3 is 0 Å². The molecule has 2 heterocycles. The van der Waals surface area contributed by atoms with Gasteiger partial charge in [-0.05, 0) is 49.8 Å². The summed E-state index contributed by atoms with van der Waals surface area (Å²) in [7, 11) is 0. The molecule has 1 aromatic carbocycles. The zero-order valence-corrected chi connectivity index (χ0v) is 16.6. The second-order valence-electron chi connectivity index (χ2n) is 7.68. The van der Waals surface area contributed by atoms with Crippen molar-refractivity contribution in [2.45, 2.75) is 63.8 Å². The molecule has 0 bridgehead atoms. The van der Waals surface area contributed by atoms with E-state index in [2.05, 4.69) is 10.2 Å². The molecule has 0 amide bonds. The maximum Gasteiger partial charge on any atom is 0.230 e. The van der Waals surface area contributed by atoms with Crippen LogP contribution in [0.1, 0.15) is 68.7 Å². The third kappa shape index (κ3) is 4.89. The minimum Gasteiger partial charge on any atom is -0.350 e. The summed E-state index contributed by atoms with van der Waals surface area (Å²) in [5.74, 6) is 3.00. The van der Waals surface area contributed by atoms with Crippen molar-refractivity contribution in [3.63, 3.8) is 0 Å². The quantitative estimate of drug-likeness (QED) is 0.768. The summed E-state index contributed by atoms with van der Waals surface area (Å²) >= 11 is 5.98. The van der Waals surface area contributed by atoms with E-state index in [0.29, 0.717) is 18.4 Å². The zero-order chi connectivity index (χ0) is 18.5. The van der Waals surface area contributed by atoms with Crippen LogP contribution in [0.15, 0.2) is 24.3 Å². The molecule has 1 saturated carbocycles. The van der Waals surface area contributed by atoms with Gasteiger partial charge in [-0.2, -0.15) is 15.0 Å². The summed E-state index contributed by atoms with van der Waals surface area (Å²) in [5.41, 5.74) is 1.17. The number of hydrogen-bond acceptors (Lipinski definition) is 5. The molecule has 0 unspecified atom stereocenters. The van der Waals surface area contributed by atoms with Gasteiger partial charge in [-0.3, -0.25) is 0 Å². The molecule has 5 nitrogen and oxygen atoms in total. The molecular formula is C21H28ClN5. The minimum absolute atomic E-state index is 0.473. The largest absolute Gasteiger partial charge is 0.350 e. The molecule has 2 aliphatic rings. The van der Waals surface area contributed by atoms with Crippen molar-refractivity contribution in [1.29, 1.82) is 0 Å². The number of halogens is 1. The number of hydrogen-bond donors (Lipinski definition) is 1. The average molecular weight is 386 g/mol. The highest BCUT2D eigenvalue weighted by atomic mass is 35.5. The molecule has 0 atom stereocenters. The Kier molecular flexibility index (Phi) is 6.07. The van der Waals surface area contributed by atoms with Crippen molar-refractivity contribution in [2.24, 2.45) is 0 Å². The van der Waals surface area contributed by atoms with E-state index >= 15 is 0 Å². The van der Waals surface area contributed by atoms with Crippen LogP contribution in [-0.4, -0.2) is 28.0 Å². The van der Waals surface area contributed by atoms with Gasteiger partial charge in [0.1, 0.15) is 5.82 Å². The standard InChI is InChI=1S/C21H28ClN5/c22-18-11-9-16(10-12-18)15-23-20-24-19(17-7-3-1-4-8-17)25-21(26-20)27-13-5-2-6-14-27/h9-12,17H,1-8,13-15H2,(H,23,24,25,26). The highest BCUT2D eigenvalue weighted by molar-refractivity contribution is 6.30. The van der Waals surface area contributed by atoms with Gasteiger partial charge < -0.3 is 10.2 Å². The Bertz CT molecular complexity index is 700. The topological polar surface area (TPSA) is 53.9 Å². The van der Waals surface area contributed by atoms with E-state index in [-0.39, 0.29) is 0 Å². The van der Waals surface area contributed by atoms with Crippen LogP contribution in [0, 0.1) is 0 Å².